The fourth-order valence-corrected chi connectivity index (χ4v) is 3.17. The zero-order valence-corrected chi connectivity index (χ0v) is 18.3. The maximum atomic E-state index is 13.1. The molecule has 0 aliphatic carbocycles. The highest BCUT2D eigenvalue weighted by Gasteiger charge is 2.32. The van der Waals surface area contributed by atoms with Crippen LogP contribution < -0.4 is 26.4 Å². The highest BCUT2D eigenvalue weighted by Crippen LogP contribution is 2.31. The van der Waals surface area contributed by atoms with E-state index in [0.717, 1.165) is 12.1 Å². The van der Waals surface area contributed by atoms with Crippen molar-refractivity contribution in [3.05, 3.63) is 35.4 Å². The zero-order chi connectivity index (χ0) is 24.6. The summed E-state index contributed by atoms with van der Waals surface area (Å²) in [6.07, 6.45) is -3.06. The Bertz CT molecular complexity index is 1010. The van der Waals surface area contributed by atoms with E-state index < -0.39 is 23.7 Å². The van der Waals surface area contributed by atoms with Crippen molar-refractivity contribution in [3.8, 4) is 11.9 Å². The molecular formula is C21H26F3N7O2. The molecule has 33 heavy (non-hydrogen) atoms. The first kappa shape index (κ1) is 25.7. The zero-order valence-electron chi connectivity index (χ0n) is 18.3. The molecule has 0 spiro atoms. The molecule has 0 radical (unpaired) electrons. The van der Waals surface area contributed by atoms with Crippen LogP contribution in [0.1, 0.15) is 37.3 Å². The second-order valence-electron chi connectivity index (χ2n) is 7.11. The normalized spacial score (nSPS) is 12.0. The average Bonchev–Trinajstić information content (AvgIpc) is 2.75. The van der Waals surface area contributed by atoms with E-state index in [4.69, 9.17) is 16.2 Å². The number of halogens is 3. The number of benzene rings is 1. The number of nitrogens with zero attached hydrogens (tertiary/aromatic N) is 4. The first-order valence-corrected chi connectivity index (χ1v) is 10.2. The molecule has 0 saturated carbocycles. The van der Waals surface area contributed by atoms with Crippen molar-refractivity contribution in [2.24, 2.45) is 5.73 Å². The highest BCUT2D eigenvalue weighted by atomic mass is 19.4. The topological polar surface area (TPSA) is 143 Å². The molecule has 12 heteroatoms. The number of aromatic nitrogens is 2. The molecule has 178 valence electrons. The molecule has 0 bridgehead atoms. The number of alkyl halides is 3. The minimum Gasteiger partial charge on any atom is -0.477 e. The van der Waals surface area contributed by atoms with Crippen LogP contribution in [0.2, 0.25) is 0 Å². The Balaban J connectivity index is 2.40. The molecule has 5 N–H and O–H groups in total. The molecule has 0 fully saturated rings. The number of anilines is 3. The summed E-state index contributed by atoms with van der Waals surface area (Å²) in [7, 11) is 1.54. The van der Waals surface area contributed by atoms with Crippen molar-refractivity contribution in [3.63, 3.8) is 0 Å². The van der Waals surface area contributed by atoms with Gasteiger partial charge in [-0.15, -0.1) is 0 Å². The number of hydrogen-bond acceptors (Lipinski definition) is 8. The van der Waals surface area contributed by atoms with Crippen LogP contribution >= 0.6 is 0 Å². The summed E-state index contributed by atoms with van der Waals surface area (Å²) in [5.41, 5.74) is 10.4. The van der Waals surface area contributed by atoms with Gasteiger partial charge in [0.2, 0.25) is 17.7 Å². The van der Waals surface area contributed by atoms with Crippen LogP contribution in [0.25, 0.3) is 0 Å². The molecule has 1 heterocycles. The number of hydrogen-bond donors (Lipinski definition) is 3. The summed E-state index contributed by atoms with van der Waals surface area (Å²) in [6, 6.07) is 5.42. The largest absolute Gasteiger partial charge is 0.477 e. The van der Waals surface area contributed by atoms with Gasteiger partial charge in [0.05, 0.1) is 12.2 Å². The van der Waals surface area contributed by atoms with Crippen molar-refractivity contribution in [1.29, 1.82) is 5.26 Å². The van der Waals surface area contributed by atoms with Gasteiger partial charge in [-0.05, 0) is 50.9 Å². The van der Waals surface area contributed by atoms with Crippen molar-refractivity contribution in [2.45, 2.75) is 38.4 Å². The number of carbonyl (C=O) groups excluding carboxylic acids is 1. The van der Waals surface area contributed by atoms with Crippen LogP contribution in [-0.2, 0) is 11.0 Å². The summed E-state index contributed by atoms with van der Waals surface area (Å²) < 4.78 is 44.5. The third-order valence-electron chi connectivity index (χ3n) is 4.76. The standard InChI is InChI=1S/C21H26F3N7O2/c1-3-33-19-15(12-26)17(29-20(27)30-19)31(2)16(9-4-5-10-25)18(32)28-14-8-6-7-13(11-14)21(22,23)24/h6-8,11,16H,3-5,9-10,25H2,1-2H3,(H,28,32)(H2,27,29,30)/t16-/m0/s1. The van der Waals surface area contributed by atoms with E-state index in [0.29, 0.717) is 25.8 Å². The Labute approximate surface area is 189 Å². The smallest absolute Gasteiger partial charge is 0.416 e. The lowest BCUT2D eigenvalue weighted by Crippen LogP contribution is -2.43. The molecule has 1 aromatic carbocycles. The van der Waals surface area contributed by atoms with E-state index in [2.05, 4.69) is 15.3 Å². The number of nitrogen functional groups attached to an aromatic ring is 1. The summed E-state index contributed by atoms with van der Waals surface area (Å²) in [4.78, 5) is 22.6. The minimum atomic E-state index is -4.55. The maximum Gasteiger partial charge on any atom is 0.416 e. The Morgan fingerprint density at radius 1 is 1.33 bits per heavy atom. The molecule has 1 aromatic heterocycles. The van der Waals surface area contributed by atoms with E-state index in [-0.39, 0.29) is 35.5 Å². The van der Waals surface area contributed by atoms with Crippen molar-refractivity contribution >= 4 is 23.4 Å². The predicted octanol–water partition coefficient (Wildman–Crippen LogP) is 2.92. The van der Waals surface area contributed by atoms with Gasteiger partial charge in [-0.3, -0.25) is 4.79 Å². The fourth-order valence-electron chi connectivity index (χ4n) is 3.17. The summed E-state index contributed by atoms with van der Waals surface area (Å²) in [5.74, 6) is -0.676. The Morgan fingerprint density at radius 3 is 2.67 bits per heavy atom. The van der Waals surface area contributed by atoms with E-state index in [9.17, 15) is 23.2 Å². The Kier molecular flexibility index (Phi) is 8.81. The van der Waals surface area contributed by atoms with Crippen LogP contribution in [0.5, 0.6) is 5.88 Å². The lowest BCUT2D eigenvalue weighted by molar-refractivity contribution is -0.137. The molecule has 0 saturated heterocycles. The minimum absolute atomic E-state index is 0.00948. The number of rotatable bonds is 10. The number of nitrogens with one attached hydrogen (secondary N) is 1. The van der Waals surface area contributed by atoms with Gasteiger partial charge in [0, 0.05) is 12.7 Å². The number of nitriles is 1. The first-order chi connectivity index (χ1) is 15.6. The number of likely N-dealkylation sites (N-methyl/N-ethyl adjacent to an activating group) is 1. The summed E-state index contributed by atoms with van der Waals surface area (Å²) >= 11 is 0. The van der Waals surface area contributed by atoms with Crippen LogP contribution in [0.3, 0.4) is 0 Å². The molecular weight excluding hydrogens is 439 g/mol. The van der Waals surface area contributed by atoms with Gasteiger partial charge < -0.3 is 26.4 Å². The molecule has 2 aromatic rings. The molecule has 0 aliphatic heterocycles. The van der Waals surface area contributed by atoms with Gasteiger partial charge >= 0.3 is 6.18 Å². The third-order valence-corrected chi connectivity index (χ3v) is 4.76. The van der Waals surface area contributed by atoms with Gasteiger partial charge in [-0.25, -0.2) is 0 Å². The summed E-state index contributed by atoms with van der Waals surface area (Å²) in [5, 5.41) is 12.2. The summed E-state index contributed by atoms with van der Waals surface area (Å²) in [6.45, 7) is 2.34. The highest BCUT2D eigenvalue weighted by molar-refractivity contribution is 5.97. The number of ether oxygens (including phenoxy) is 1. The quantitative estimate of drug-likeness (QED) is 0.455. The average molecular weight is 465 g/mol. The molecule has 0 aliphatic rings. The second kappa shape index (κ2) is 11.3. The SMILES string of the molecule is CCOc1nc(N)nc(N(C)[C@@H](CCCCN)C(=O)Nc2cccc(C(F)(F)F)c2)c1C#N. The number of nitrogens with two attached hydrogens (primary N) is 2. The van der Waals surface area contributed by atoms with Crippen LogP contribution in [0.15, 0.2) is 24.3 Å². The van der Waals surface area contributed by atoms with Gasteiger partial charge in [0.1, 0.15) is 12.1 Å². The Morgan fingerprint density at radius 2 is 2.06 bits per heavy atom. The van der Waals surface area contributed by atoms with Gasteiger partial charge in [-0.2, -0.15) is 28.4 Å². The van der Waals surface area contributed by atoms with Crippen molar-refractivity contribution in [1.82, 2.24) is 9.97 Å². The van der Waals surface area contributed by atoms with E-state index in [1.807, 2.05) is 6.07 Å². The second-order valence-corrected chi connectivity index (χ2v) is 7.11. The van der Waals surface area contributed by atoms with Gasteiger partial charge in [0.15, 0.2) is 11.4 Å². The molecule has 0 unspecified atom stereocenters. The molecule has 9 nitrogen and oxygen atoms in total. The monoisotopic (exact) mass is 465 g/mol. The maximum absolute atomic E-state index is 13.1. The van der Waals surface area contributed by atoms with Crippen molar-refractivity contribution in [2.75, 3.05) is 36.1 Å². The predicted molar refractivity (Wildman–Crippen MR) is 117 cm³/mol. The van der Waals surface area contributed by atoms with Crippen LogP contribution in [-0.4, -0.2) is 42.1 Å². The van der Waals surface area contributed by atoms with Crippen LogP contribution in [0.4, 0.5) is 30.6 Å². The number of amides is 1. The first-order valence-electron chi connectivity index (χ1n) is 10.2. The van der Waals surface area contributed by atoms with E-state index in [1.54, 1.807) is 6.92 Å². The molecule has 2 rings (SSSR count). The number of unbranched alkanes of at least 4 members (excludes halogenated alkanes) is 1. The third kappa shape index (κ3) is 6.69. The Hall–Kier alpha value is -3.59. The fraction of sp³-hybridized carbons (Fsp3) is 0.429. The molecule has 1 amide bonds. The van der Waals surface area contributed by atoms with Gasteiger partial charge in [-0.1, -0.05) is 6.07 Å². The van der Waals surface area contributed by atoms with E-state index in [1.165, 1.54) is 24.1 Å². The lowest BCUT2D eigenvalue weighted by Gasteiger charge is -2.29. The van der Waals surface area contributed by atoms with E-state index >= 15 is 0 Å². The molecule has 1 atom stereocenters. The van der Waals surface area contributed by atoms with Crippen molar-refractivity contribution < 1.29 is 22.7 Å². The van der Waals surface area contributed by atoms with Crippen LogP contribution in [0, 0.1) is 11.3 Å². The number of carbonyl (C=O) groups is 1. The van der Waals surface area contributed by atoms with Gasteiger partial charge in [0.25, 0.3) is 0 Å². The lowest BCUT2D eigenvalue weighted by atomic mass is 10.1.